The summed E-state index contributed by atoms with van der Waals surface area (Å²) in [5.74, 6) is -1.35. The highest BCUT2D eigenvalue weighted by molar-refractivity contribution is 5.99. The molecule has 1 atom stereocenters. The number of nitrogens with two attached hydrogens (primary N) is 1. The average molecular weight is 265 g/mol. The predicted molar refractivity (Wildman–Crippen MR) is 72.1 cm³/mol. The lowest BCUT2D eigenvalue weighted by Crippen LogP contribution is -2.31. The van der Waals surface area contributed by atoms with Gasteiger partial charge in [-0.3, -0.25) is 4.79 Å². The van der Waals surface area contributed by atoms with E-state index < -0.39 is 17.9 Å². The van der Waals surface area contributed by atoms with Gasteiger partial charge in [-0.1, -0.05) is 19.8 Å². The van der Waals surface area contributed by atoms with Crippen molar-refractivity contribution in [1.29, 1.82) is 0 Å². The summed E-state index contributed by atoms with van der Waals surface area (Å²) in [6.07, 6.45) is 3.67. The van der Waals surface area contributed by atoms with Crippen LogP contribution in [0.3, 0.4) is 0 Å². The second kappa shape index (κ2) is 6.72. The monoisotopic (exact) mass is 265 g/mol. The fraction of sp³-hybridized carbons (Fsp3) is 0.462. The van der Waals surface area contributed by atoms with Gasteiger partial charge < -0.3 is 16.2 Å². The zero-order chi connectivity index (χ0) is 14.4. The smallest absolute Gasteiger partial charge is 0.326 e. The molecule has 1 amide bonds. The number of pyridine rings is 1. The number of anilines is 1. The molecular formula is C13H19N3O3. The zero-order valence-electron chi connectivity index (χ0n) is 11.1. The summed E-state index contributed by atoms with van der Waals surface area (Å²) >= 11 is 0. The molecular weight excluding hydrogens is 246 g/mol. The number of amides is 1. The number of carbonyl (C=O) groups is 2. The number of nitrogens with one attached hydrogen (secondary N) is 1. The van der Waals surface area contributed by atoms with Gasteiger partial charge in [0.25, 0.3) is 5.91 Å². The molecule has 6 heteroatoms. The van der Waals surface area contributed by atoms with E-state index in [2.05, 4.69) is 10.3 Å². The number of aromatic nitrogens is 1. The van der Waals surface area contributed by atoms with Crippen molar-refractivity contribution in [2.24, 2.45) is 5.73 Å². The van der Waals surface area contributed by atoms with Crippen molar-refractivity contribution < 1.29 is 14.7 Å². The molecule has 0 fully saturated rings. The van der Waals surface area contributed by atoms with E-state index in [9.17, 15) is 9.59 Å². The minimum atomic E-state index is -0.966. The highest BCUT2D eigenvalue weighted by Gasteiger charge is 2.20. The predicted octanol–water partition coefficient (Wildman–Crippen LogP) is 1.54. The first kappa shape index (κ1) is 14.9. The Labute approximate surface area is 112 Å². The maximum absolute atomic E-state index is 11.4. The molecule has 104 valence electrons. The summed E-state index contributed by atoms with van der Waals surface area (Å²) in [5.41, 5.74) is 6.21. The number of aryl methyl sites for hydroxylation is 1. The number of carboxylic acids is 1. The molecule has 0 aliphatic carbocycles. The van der Waals surface area contributed by atoms with Gasteiger partial charge in [0.05, 0.1) is 5.56 Å². The van der Waals surface area contributed by atoms with E-state index in [-0.39, 0.29) is 11.4 Å². The second-order valence-electron chi connectivity index (χ2n) is 4.39. The number of unbranched alkanes of at least 4 members (excludes halogenated alkanes) is 1. The normalized spacial score (nSPS) is 11.9. The Morgan fingerprint density at radius 1 is 1.53 bits per heavy atom. The quantitative estimate of drug-likeness (QED) is 0.693. The summed E-state index contributed by atoms with van der Waals surface area (Å²) < 4.78 is 0. The van der Waals surface area contributed by atoms with E-state index in [0.717, 1.165) is 12.8 Å². The molecule has 0 radical (unpaired) electrons. The summed E-state index contributed by atoms with van der Waals surface area (Å²) in [4.78, 5) is 26.6. The molecule has 1 rings (SSSR count). The highest BCUT2D eigenvalue weighted by atomic mass is 16.4. The zero-order valence-corrected chi connectivity index (χ0v) is 11.1. The Morgan fingerprint density at radius 2 is 2.21 bits per heavy atom. The second-order valence-corrected chi connectivity index (χ2v) is 4.39. The minimum Gasteiger partial charge on any atom is -0.480 e. The number of hydrogen-bond donors (Lipinski definition) is 3. The van der Waals surface area contributed by atoms with Crippen LogP contribution < -0.4 is 11.1 Å². The molecule has 6 nitrogen and oxygen atoms in total. The molecule has 1 aromatic heterocycles. The van der Waals surface area contributed by atoms with Crippen LogP contribution in [0.2, 0.25) is 0 Å². The molecule has 0 aliphatic heterocycles. The molecule has 1 unspecified atom stereocenters. The summed E-state index contributed by atoms with van der Waals surface area (Å²) in [6.45, 7) is 3.72. The van der Waals surface area contributed by atoms with Gasteiger partial charge in [0.2, 0.25) is 0 Å². The van der Waals surface area contributed by atoms with Crippen LogP contribution >= 0.6 is 0 Å². The van der Waals surface area contributed by atoms with Crippen LogP contribution in [-0.4, -0.2) is 28.0 Å². The molecule has 0 spiro atoms. The standard InChI is InChI=1S/C13H19N3O3/c1-3-4-5-9(13(18)19)16-12-10(11(14)17)8(2)6-7-15-12/h6-7,9H,3-5H2,1-2H3,(H2,14,17)(H,15,16)(H,18,19). The first-order valence-corrected chi connectivity index (χ1v) is 6.22. The topological polar surface area (TPSA) is 105 Å². The van der Waals surface area contributed by atoms with Crippen LogP contribution in [0.15, 0.2) is 12.3 Å². The van der Waals surface area contributed by atoms with E-state index in [4.69, 9.17) is 10.8 Å². The Balaban J connectivity index is 2.99. The van der Waals surface area contributed by atoms with Crippen LogP contribution in [-0.2, 0) is 4.79 Å². The van der Waals surface area contributed by atoms with Gasteiger partial charge in [-0.2, -0.15) is 0 Å². The van der Waals surface area contributed by atoms with Crippen molar-refractivity contribution in [2.45, 2.75) is 39.2 Å². The Kier molecular flexibility index (Phi) is 5.29. The molecule has 4 N–H and O–H groups in total. The Bertz CT molecular complexity index is 474. The van der Waals surface area contributed by atoms with Crippen molar-refractivity contribution in [3.05, 3.63) is 23.4 Å². The third-order valence-electron chi connectivity index (χ3n) is 2.86. The lowest BCUT2D eigenvalue weighted by Gasteiger charge is -2.17. The molecule has 0 bridgehead atoms. The van der Waals surface area contributed by atoms with Crippen molar-refractivity contribution >= 4 is 17.7 Å². The largest absolute Gasteiger partial charge is 0.480 e. The summed E-state index contributed by atoms with van der Waals surface area (Å²) in [5, 5.41) is 11.9. The van der Waals surface area contributed by atoms with E-state index >= 15 is 0 Å². The maximum atomic E-state index is 11.4. The number of nitrogens with zero attached hydrogens (tertiary/aromatic N) is 1. The fourth-order valence-electron chi connectivity index (χ4n) is 1.81. The molecule has 19 heavy (non-hydrogen) atoms. The molecule has 1 heterocycles. The van der Waals surface area contributed by atoms with Gasteiger partial charge in [0, 0.05) is 6.20 Å². The lowest BCUT2D eigenvalue weighted by atomic mass is 10.1. The molecule has 1 aromatic rings. The lowest BCUT2D eigenvalue weighted by molar-refractivity contribution is -0.138. The van der Waals surface area contributed by atoms with Crippen LogP contribution in [0.1, 0.15) is 42.1 Å². The van der Waals surface area contributed by atoms with E-state index in [0.29, 0.717) is 12.0 Å². The third kappa shape index (κ3) is 3.94. The van der Waals surface area contributed by atoms with Crippen molar-refractivity contribution in [1.82, 2.24) is 4.98 Å². The number of hydrogen-bond acceptors (Lipinski definition) is 4. The molecule has 0 saturated heterocycles. The number of aliphatic carboxylic acids is 1. The van der Waals surface area contributed by atoms with Gasteiger partial charge >= 0.3 is 5.97 Å². The Hall–Kier alpha value is -2.11. The van der Waals surface area contributed by atoms with Gasteiger partial charge in [-0.25, -0.2) is 9.78 Å². The van der Waals surface area contributed by atoms with Crippen LogP contribution in [0.4, 0.5) is 5.82 Å². The number of carboxylic acid groups (broad SMARTS) is 1. The van der Waals surface area contributed by atoms with Gasteiger partial charge in [-0.15, -0.1) is 0 Å². The van der Waals surface area contributed by atoms with Crippen LogP contribution in [0.5, 0.6) is 0 Å². The molecule has 0 aliphatic rings. The van der Waals surface area contributed by atoms with Crippen molar-refractivity contribution in [3.8, 4) is 0 Å². The van der Waals surface area contributed by atoms with Gasteiger partial charge in [-0.05, 0) is 25.0 Å². The van der Waals surface area contributed by atoms with Crippen LogP contribution in [0, 0.1) is 6.92 Å². The first-order chi connectivity index (χ1) is 8.97. The number of carbonyl (C=O) groups excluding carboxylic acids is 1. The third-order valence-corrected chi connectivity index (χ3v) is 2.86. The number of rotatable bonds is 7. The first-order valence-electron chi connectivity index (χ1n) is 6.22. The maximum Gasteiger partial charge on any atom is 0.326 e. The van der Waals surface area contributed by atoms with E-state index in [1.54, 1.807) is 13.0 Å². The van der Waals surface area contributed by atoms with Crippen LogP contribution in [0.25, 0.3) is 0 Å². The van der Waals surface area contributed by atoms with Crippen molar-refractivity contribution in [3.63, 3.8) is 0 Å². The van der Waals surface area contributed by atoms with E-state index in [1.807, 2.05) is 6.92 Å². The Morgan fingerprint density at radius 3 is 2.74 bits per heavy atom. The average Bonchev–Trinajstić information content (AvgIpc) is 2.33. The van der Waals surface area contributed by atoms with Gasteiger partial charge in [0.1, 0.15) is 11.9 Å². The molecule has 0 aromatic carbocycles. The van der Waals surface area contributed by atoms with E-state index in [1.165, 1.54) is 6.20 Å². The minimum absolute atomic E-state index is 0.232. The number of primary amides is 1. The molecule has 0 saturated carbocycles. The summed E-state index contributed by atoms with van der Waals surface area (Å²) in [7, 11) is 0. The van der Waals surface area contributed by atoms with Gasteiger partial charge in [0.15, 0.2) is 0 Å². The SMILES string of the molecule is CCCCC(Nc1nccc(C)c1C(N)=O)C(=O)O. The highest BCUT2D eigenvalue weighted by Crippen LogP contribution is 2.18. The fourth-order valence-corrected chi connectivity index (χ4v) is 1.81. The summed E-state index contributed by atoms with van der Waals surface area (Å²) in [6, 6.07) is 0.889. The van der Waals surface area contributed by atoms with Crippen molar-refractivity contribution in [2.75, 3.05) is 5.32 Å².